The molecule has 22 heavy (non-hydrogen) atoms. The summed E-state index contributed by atoms with van der Waals surface area (Å²) in [5.74, 6) is 0.401. The molecular formula is C15H14F3NO3. The largest absolute Gasteiger partial charge is 0.490 e. The molecule has 0 bridgehead atoms. The zero-order valence-electron chi connectivity index (χ0n) is 12.0. The quantitative estimate of drug-likeness (QED) is 0.790. The van der Waals surface area contributed by atoms with Gasteiger partial charge in [-0.05, 0) is 32.0 Å². The van der Waals surface area contributed by atoms with Crippen LogP contribution in [0.15, 0.2) is 24.3 Å². The fourth-order valence-electron chi connectivity index (χ4n) is 1.97. The number of carbonyl (C=O) groups is 1. The maximum atomic E-state index is 12.8. The predicted molar refractivity (Wildman–Crippen MR) is 73.4 cm³/mol. The molecule has 0 saturated carbocycles. The number of hydrogen-bond donors (Lipinski definition) is 0. The van der Waals surface area contributed by atoms with Gasteiger partial charge in [0, 0.05) is 11.5 Å². The molecule has 0 aliphatic rings. The molecule has 0 saturated heterocycles. The van der Waals surface area contributed by atoms with Crippen LogP contribution in [0, 0.1) is 0 Å². The third-order valence-corrected chi connectivity index (χ3v) is 2.81. The molecule has 1 aromatic heterocycles. The first-order chi connectivity index (χ1) is 10.3. The average Bonchev–Trinajstić information content (AvgIpc) is 2.43. The summed E-state index contributed by atoms with van der Waals surface area (Å²) in [6.45, 7) is 3.72. The molecule has 0 N–H and O–H groups in total. The average molecular weight is 313 g/mol. The van der Waals surface area contributed by atoms with E-state index >= 15 is 0 Å². The Morgan fingerprint density at radius 3 is 2.59 bits per heavy atom. The summed E-state index contributed by atoms with van der Waals surface area (Å²) in [6, 6.07) is 4.82. The minimum atomic E-state index is -4.45. The second kappa shape index (κ2) is 6.21. The van der Waals surface area contributed by atoms with Gasteiger partial charge in [-0.1, -0.05) is 0 Å². The number of benzene rings is 1. The van der Waals surface area contributed by atoms with Crippen LogP contribution in [0.5, 0.6) is 5.75 Å². The van der Waals surface area contributed by atoms with Crippen LogP contribution in [0.4, 0.5) is 13.2 Å². The SMILES string of the molecule is CC(C)Oc1cc(COC=O)nc2cc(C(F)(F)F)ccc12. The van der Waals surface area contributed by atoms with Crippen molar-refractivity contribution in [1.29, 1.82) is 0 Å². The number of rotatable bonds is 5. The smallest absolute Gasteiger partial charge is 0.416 e. The summed E-state index contributed by atoms with van der Waals surface area (Å²) in [5, 5.41) is 0.469. The van der Waals surface area contributed by atoms with Crippen molar-refractivity contribution in [3.8, 4) is 5.75 Å². The normalized spacial score (nSPS) is 11.7. The fourth-order valence-corrected chi connectivity index (χ4v) is 1.97. The van der Waals surface area contributed by atoms with Crippen molar-refractivity contribution in [3.05, 3.63) is 35.5 Å². The van der Waals surface area contributed by atoms with Crippen LogP contribution in [0.1, 0.15) is 25.1 Å². The van der Waals surface area contributed by atoms with Gasteiger partial charge >= 0.3 is 6.18 Å². The van der Waals surface area contributed by atoms with E-state index in [4.69, 9.17) is 4.74 Å². The molecule has 2 rings (SSSR count). The lowest BCUT2D eigenvalue weighted by Crippen LogP contribution is -2.08. The maximum Gasteiger partial charge on any atom is 0.416 e. The van der Waals surface area contributed by atoms with Crippen LogP contribution in [0.3, 0.4) is 0 Å². The highest BCUT2D eigenvalue weighted by Crippen LogP contribution is 2.34. The third-order valence-electron chi connectivity index (χ3n) is 2.81. The molecule has 1 heterocycles. The van der Waals surface area contributed by atoms with Gasteiger partial charge in [0.2, 0.25) is 0 Å². The molecule has 0 fully saturated rings. The van der Waals surface area contributed by atoms with Crippen molar-refractivity contribution in [2.75, 3.05) is 0 Å². The van der Waals surface area contributed by atoms with E-state index in [0.717, 1.165) is 12.1 Å². The van der Waals surface area contributed by atoms with Gasteiger partial charge in [-0.15, -0.1) is 0 Å². The number of carbonyl (C=O) groups excluding carboxylic acids is 1. The van der Waals surface area contributed by atoms with E-state index in [1.165, 1.54) is 6.07 Å². The van der Waals surface area contributed by atoms with Crippen LogP contribution in [-0.2, 0) is 22.3 Å². The van der Waals surface area contributed by atoms with Gasteiger partial charge in [0.15, 0.2) is 0 Å². The van der Waals surface area contributed by atoms with Gasteiger partial charge < -0.3 is 9.47 Å². The van der Waals surface area contributed by atoms with Crippen molar-refractivity contribution in [1.82, 2.24) is 4.98 Å². The van der Waals surface area contributed by atoms with Crippen molar-refractivity contribution in [3.63, 3.8) is 0 Å². The highest BCUT2D eigenvalue weighted by Gasteiger charge is 2.30. The highest BCUT2D eigenvalue weighted by molar-refractivity contribution is 5.86. The fraction of sp³-hybridized carbons (Fsp3) is 0.333. The topological polar surface area (TPSA) is 48.4 Å². The van der Waals surface area contributed by atoms with Crippen LogP contribution < -0.4 is 4.74 Å². The van der Waals surface area contributed by atoms with E-state index in [2.05, 4.69) is 9.72 Å². The zero-order chi connectivity index (χ0) is 16.3. The van der Waals surface area contributed by atoms with Crippen molar-refractivity contribution >= 4 is 17.4 Å². The molecule has 0 spiro atoms. The Bertz CT molecular complexity index is 684. The van der Waals surface area contributed by atoms with Crippen molar-refractivity contribution in [2.24, 2.45) is 0 Å². The molecule has 0 amide bonds. The molecule has 4 nitrogen and oxygen atoms in total. The number of ether oxygens (including phenoxy) is 2. The lowest BCUT2D eigenvalue weighted by Gasteiger charge is -2.15. The number of hydrogen-bond acceptors (Lipinski definition) is 4. The molecule has 2 aromatic rings. The highest BCUT2D eigenvalue weighted by atomic mass is 19.4. The van der Waals surface area contributed by atoms with Gasteiger partial charge in [0.25, 0.3) is 6.47 Å². The molecule has 0 aliphatic carbocycles. The predicted octanol–water partition coefficient (Wildman–Crippen LogP) is 3.71. The monoisotopic (exact) mass is 313 g/mol. The van der Waals surface area contributed by atoms with Gasteiger partial charge in [0.1, 0.15) is 12.4 Å². The molecule has 0 radical (unpaired) electrons. The van der Waals surface area contributed by atoms with Crippen molar-refractivity contribution < 1.29 is 27.4 Å². The van der Waals surface area contributed by atoms with Crippen LogP contribution in [-0.4, -0.2) is 17.6 Å². The summed E-state index contributed by atoms with van der Waals surface area (Å²) in [6.07, 6.45) is -4.61. The Kier molecular flexibility index (Phi) is 4.54. The van der Waals surface area contributed by atoms with Crippen LogP contribution in [0.25, 0.3) is 10.9 Å². The third kappa shape index (κ3) is 3.66. The number of alkyl halides is 3. The van der Waals surface area contributed by atoms with Crippen molar-refractivity contribution in [2.45, 2.75) is 32.7 Å². The van der Waals surface area contributed by atoms with Gasteiger partial charge in [0.05, 0.1) is 22.9 Å². The minimum Gasteiger partial charge on any atom is -0.490 e. The molecule has 118 valence electrons. The number of aromatic nitrogens is 1. The van der Waals surface area contributed by atoms with E-state index in [0.29, 0.717) is 16.8 Å². The lowest BCUT2D eigenvalue weighted by atomic mass is 10.1. The first-order valence-electron chi connectivity index (χ1n) is 6.54. The minimum absolute atomic E-state index is 0.135. The number of fused-ring (bicyclic) bond motifs is 1. The van der Waals surface area contributed by atoms with Crippen LogP contribution in [0.2, 0.25) is 0 Å². The molecular weight excluding hydrogens is 299 g/mol. The summed E-state index contributed by atoms with van der Waals surface area (Å²) in [4.78, 5) is 14.4. The van der Waals surface area contributed by atoms with E-state index in [1.54, 1.807) is 19.9 Å². The molecule has 1 aromatic carbocycles. The Morgan fingerprint density at radius 1 is 1.27 bits per heavy atom. The first-order valence-corrected chi connectivity index (χ1v) is 6.54. The summed E-state index contributed by atoms with van der Waals surface area (Å²) >= 11 is 0. The zero-order valence-corrected chi connectivity index (χ0v) is 12.0. The molecule has 0 unspecified atom stereocenters. The second-order valence-electron chi connectivity index (χ2n) is 4.92. The summed E-state index contributed by atoms with van der Waals surface area (Å²) in [5.41, 5.74) is -0.344. The van der Waals surface area contributed by atoms with Gasteiger partial charge in [-0.25, -0.2) is 4.98 Å². The standard InChI is InChI=1S/C15H14F3NO3/c1-9(2)22-14-6-11(7-21-8-20)19-13-5-10(15(16,17)18)3-4-12(13)14/h3-6,8-9H,7H2,1-2H3. The first kappa shape index (κ1) is 16.1. The lowest BCUT2D eigenvalue weighted by molar-refractivity contribution is -0.137. The molecule has 0 aliphatic heterocycles. The summed E-state index contributed by atoms with van der Waals surface area (Å²) < 4.78 is 48.6. The van der Waals surface area contributed by atoms with E-state index in [-0.39, 0.29) is 24.7 Å². The van der Waals surface area contributed by atoms with E-state index < -0.39 is 11.7 Å². The van der Waals surface area contributed by atoms with E-state index in [1.807, 2.05) is 0 Å². The van der Waals surface area contributed by atoms with Crippen LogP contribution >= 0.6 is 0 Å². The van der Waals surface area contributed by atoms with Gasteiger partial charge in [-0.2, -0.15) is 13.2 Å². The van der Waals surface area contributed by atoms with Gasteiger partial charge in [-0.3, -0.25) is 4.79 Å². The Labute approximate surface area is 124 Å². The Balaban J connectivity index is 2.57. The molecule has 0 atom stereocenters. The van der Waals surface area contributed by atoms with E-state index in [9.17, 15) is 18.0 Å². The molecule has 7 heteroatoms. The number of halogens is 3. The maximum absolute atomic E-state index is 12.8. The Morgan fingerprint density at radius 2 is 2.00 bits per heavy atom. The second-order valence-corrected chi connectivity index (χ2v) is 4.92. The summed E-state index contributed by atoms with van der Waals surface area (Å²) in [7, 11) is 0. The number of pyridine rings is 1. The number of nitrogens with zero attached hydrogens (tertiary/aromatic N) is 1. The Hall–Kier alpha value is -2.31.